The zero-order valence-corrected chi connectivity index (χ0v) is 8.34. The largest absolute Gasteiger partial charge is 0.315 e. The van der Waals surface area contributed by atoms with Crippen molar-refractivity contribution in [3.8, 4) is 0 Å². The van der Waals surface area contributed by atoms with Crippen LogP contribution in [0.2, 0.25) is 0 Å². The summed E-state index contributed by atoms with van der Waals surface area (Å²) in [5, 5.41) is 3.54. The van der Waals surface area contributed by atoms with Crippen molar-refractivity contribution in [2.24, 2.45) is 0 Å². The fourth-order valence-electron chi connectivity index (χ4n) is 2.73. The average molecular weight is 180 g/mol. The van der Waals surface area contributed by atoms with E-state index in [1.54, 1.807) is 0 Å². The van der Waals surface area contributed by atoms with E-state index in [2.05, 4.69) is 10.2 Å². The second-order valence-corrected chi connectivity index (χ2v) is 4.91. The molecule has 1 aliphatic heterocycles. The Balaban J connectivity index is 1.64. The van der Waals surface area contributed by atoms with Crippen LogP contribution in [-0.4, -0.2) is 36.1 Å². The Kier molecular flexibility index (Phi) is 2.06. The lowest BCUT2D eigenvalue weighted by atomic mass is 10.1. The van der Waals surface area contributed by atoms with Crippen LogP contribution >= 0.6 is 0 Å². The van der Waals surface area contributed by atoms with Crippen molar-refractivity contribution in [3.63, 3.8) is 0 Å². The molecule has 0 amide bonds. The van der Waals surface area contributed by atoms with Crippen LogP contribution in [0.25, 0.3) is 0 Å². The van der Waals surface area contributed by atoms with Gasteiger partial charge in [-0.25, -0.2) is 0 Å². The molecule has 0 unspecified atom stereocenters. The van der Waals surface area contributed by atoms with E-state index in [9.17, 15) is 0 Å². The van der Waals surface area contributed by atoms with Gasteiger partial charge in [-0.2, -0.15) is 0 Å². The Labute approximate surface area is 80.7 Å². The summed E-state index contributed by atoms with van der Waals surface area (Å²) in [6.45, 7) is 2.51. The van der Waals surface area contributed by atoms with Crippen molar-refractivity contribution in [3.05, 3.63) is 0 Å². The standard InChI is InChI=1S/C11H20N2/c1-2-11(8-12-7-1)13(9-3-4-9)10-5-6-10/h9-12H,1-8H2/t11-/m1/s1. The Morgan fingerprint density at radius 3 is 2.00 bits per heavy atom. The molecule has 0 aromatic heterocycles. The summed E-state index contributed by atoms with van der Waals surface area (Å²) in [4.78, 5) is 2.85. The molecule has 0 bridgehead atoms. The highest BCUT2D eigenvalue weighted by Gasteiger charge is 2.42. The van der Waals surface area contributed by atoms with Gasteiger partial charge in [-0.15, -0.1) is 0 Å². The van der Waals surface area contributed by atoms with Crippen molar-refractivity contribution >= 4 is 0 Å². The van der Waals surface area contributed by atoms with Crippen molar-refractivity contribution in [2.45, 2.75) is 56.7 Å². The monoisotopic (exact) mass is 180 g/mol. The number of piperidine rings is 1. The summed E-state index contributed by atoms with van der Waals surface area (Å²) >= 11 is 0. The smallest absolute Gasteiger partial charge is 0.0226 e. The molecule has 1 N–H and O–H groups in total. The molecule has 1 saturated heterocycles. The molecule has 0 aromatic rings. The first-order valence-corrected chi connectivity index (χ1v) is 5.93. The summed E-state index contributed by atoms with van der Waals surface area (Å²) in [7, 11) is 0. The Morgan fingerprint density at radius 1 is 0.846 bits per heavy atom. The zero-order chi connectivity index (χ0) is 8.67. The van der Waals surface area contributed by atoms with Gasteiger partial charge in [-0.05, 0) is 45.1 Å². The molecule has 2 nitrogen and oxygen atoms in total. The summed E-state index contributed by atoms with van der Waals surface area (Å²) in [5.41, 5.74) is 0. The summed E-state index contributed by atoms with van der Waals surface area (Å²) in [6, 6.07) is 2.85. The molecule has 0 aromatic carbocycles. The van der Waals surface area contributed by atoms with E-state index in [4.69, 9.17) is 0 Å². The first-order chi connectivity index (χ1) is 6.45. The first-order valence-electron chi connectivity index (χ1n) is 5.93. The lowest BCUT2D eigenvalue weighted by Gasteiger charge is -2.35. The van der Waals surface area contributed by atoms with Gasteiger partial charge in [0.25, 0.3) is 0 Å². The third-order valence-electron chi connectivity index (χ3n) is 3.63. The van der Waals surface area contributed by atoms with Crippen molar-refractivity contribution in [1.29, 1.82) is 0 Å². The molecular weight excluding hydrogens is 160 g/mol. The van der Waals surface area contributed by atoms with Crippen LogP contribution in [0.4, 0.5) is 0 Å². The molecular formula is C11H20N2. The third kappa shape index (κ3) is 1.75. The fourth-order valence-corrected chi connectivity index (χ4v) is 2.73. The lowest BCUT2D eigenvalue weighted by Crippen LogP contribution is -2.48. The summed E-state index contributed by atoms with van der Waals surface area (Å²) < 4.78 is 0. The highest BCUT2D eigenvalue weighted by molar-refractivity contribution is 4.99. The molecule has 74 valence electrons. The van der Waals surface area contributed by atoms with Gasteiger partial charge >= 0.3 is 0 Å². The van der Waals surface area contributed by atoms with Crippen molar-refractivity contribution < 1.29 is 0 Å². The van der Waals surface area contributed by atoms with Crippen LogP contribution in [0.3, 0.4) is 0 Å². The highest BCUT2D eigenvalue weighted by atomic mass is 15.3. The Morgan fingerprint density at radius 2 is 1.54 bits per heavy atom. The summed E-state index contributed by atoms with van der Waals surface area (Å²) in [6.07, 6.45) is 8.75. The minimum atomic E-state index is 0.883. The van der Waals surface area contributed by atoms with E-state index in [0.29, 0.717) is 0 Å². The molecule has 0 radical (unpaired) electrons. The molecule has 2 aliphatic carbocycles. The molecule has 2 saturated carbocycles. The minimum absolute atomic E-state index is 0.883. The fraction of sp³-hybridized carbons (Fsp3) is 1.00. The Bertz CT molecular complexity index is 167. The molecule has 3 aliphatic rings. The van der Waals surface area contributed by atoms with Gasteiger partial charge in [-0.1, -0.05) is 0 Å². The number of hydrogen-bond acceptors (Lipinski definition) is 2. The van der Waals surface area contributed by atoms with Crippen LogP contribution in [0.5, 0.6) is 0 Å². The van der Waals surface area contributed by atoms with Gasteiger partial charge in [0.15, 0.2) is 0 Å². The highest BCUT2D eigenvalue weighted by Crippen LogP contribution is 2.39. The quantitative estimate of drug-likeness (QED) is 0.705. The normalized spacial score (nSPS) is 35.3. The second-order valence-electron chi connectivity index (χ2n) is 4.91. The number of rotatable bonds is 3. The van der Waals surface area contributed by atoms with E-state index < -0.39 is 0 Å². The molecule has 1 heterocycles. The molecule has 13 heavy (non-hydrogen) atoms. The molecule has 3 fully saturated rings. The predicted octanol–water partition coefficient (Wildman–Crippen LogP) is 1.37. The molecule has 3 rings (SSSR count). The van der Waals surface area contributed by atoms with Gasteiger partial charge in [0.2, 0.25) is 0 Å². The number of nitrogens with zero attached hydrogens (tertiary/aromatic N) is 1. The minimum Gasteiger partial charge on any atom is -0.315 e. The third-order valence-corrected chi connectivity index (χ3v) is 3.63. The van der Waals surface area contributed by atoms with Crippen LogP contribution in [0, 0.1) is 0 Å². The van der Waals surface area contributed by atoms with Gasteiger partial charge in [-0.3, -0.25) is 4.90 Å². The van der Waals surface area contributed by atoms with E-state index in [1.807, 2.05) is 0 Å². The average Bonchev–Trinajstić information content (AvgIpc) is 3.00. The topological polar surface area (TPSA) is 15.3 Å². The maximum atomic E-state index is 3.54. The van der Waals surface area contributed by atoms with Crippen LogP contribution in [0.15, 0.2) is 0 Å². The van der Waals surface area contributed by atoms with E-state index in [-0.39, 0.29) is 0 Å². The van der Waals surface area contributed by atoms with Crippen LogP contribution in [-0.2, 0) is 0 Å². The van der Waals surface area contributed by atoms with E-state index in [0.717, 1.165) is 18.1 Å². The van der Waals surface area contributed by atoms with Crippen LogP contribution in [0.1, 0.15) is 38.5 Å². The maximum absolute atomic E-state index is 3.54. The number of hydrogen-bond donors (Lipinski definition) is 1. The van der Waals surface area contributed by atoms with Crippen molar-refractivity contribution in [1.82, 2.24) is 10.2 Å². The van der Waals surface area contributed by atoms with E-state index in [1.165, 1.54) is 51.6 Å². The van der Waals surface area contributed by atoms with E-state index >= 15 is 0 Å². The first kappa shape index (κ1) is 8.25. The van der Waals surface area contributed by atoms with Gasteiger partial charge in [0, 0.05) is 24.7 Å². The zero-order valence-electron chi connectivity index (χ0n) is 8.34. The SMILES string of the molecule is C1CNC[C@H](N(C2CC2)C2CC2)C1. The Hall–Kier alpha value is -0.0800. The molecule has 0 spiro atoms. The summed E-state index contributed by atoms with van der Waals surface area (Å²) in [5.74, 6) is 0. The van der Waals surface area contributed by atoms with Gasteiger partial charge in [0.05, 0.1) is 0 Å². The lowest BCUT2D eigenvalue weighted by molar-refractivity contribution is 0.148. The molecule has 2 heteroatoms. The van der Waals surface area contributed by atoms with Crippen LogP contribution < -0.4 is 5.32 Å². The maximum Gasteiger partial charge on any atom is 0.0226 e. The number of nitrogens with one attached hydrogen (secondary N) is 1. The van der Waals surface area contributed by atoms with Crippen molar-refractivity contribution in [2.75, 3.05) is 13.1 Å². The predicted molar refractivity (Wildman–Crippen MR) is 53.8 cm³/mol. The van der Waals surface area contributed by atoms with Gasteiger partial charge in [0.1, 0.15) is 0 Å². The van der Waals surface area contributed by atoms with Gasteiger partial charge < -0.3 is 5.32 Å². The second kappa shape index (κ2) is 3.25. The molecule has 1 atom stereocenters.